The molecule has 0 aromatic rings. The van der Waals surface area contributed by atoms with Crippen molar-refractivity contribution in [1.29, 1.82) is 0 Å². The van der Waals surface area contributed by atoms with E-state index in [1.165, 1.54) is 22.8 Å². The summed E-state index contributed by atoms with van der Waals surface area (Å²) in [5, 5.41) is 0. The molecule has 0 saturated carbocycles. The molecule has 3 heteroatoms. The minimum Gasteiger partial charge on any atom is -0.352 e. The van der Waals surface area contributed by atoms with Gasteiger partial charge in [-0.05, 0) is 51.4 Å². The first kappa shape index (κ1) is 9.60. The molecule has 0 aromatic heterocycles. The number of hydrogen-bond donors (Lipinski definition) is 0. The molecule has 0 spiro atoms. The summed E-state index contributed by atoms with van der Waals surface area (Å²) < 4.78 is 13.1. The van der Waals surface area contributed by atoms with Gasteiger partial charge in [-0.1, -0.05) is 6.08 Å². The third-order valence-electron chi connectivity index (χ3n) is 3.66. The molecule has 3 aliphatic rings. The molecular formula is C11H15IO2. The summed E-state index contributed by atoms with van der Waals surface area (Å²) >= 11 is 2.43. The molecule has 14 heavy (non-hydrogen) atoms. The Kier molecular flexibility index (Phi) is 2.58. The highest BCUT2D eigenvalue weighted by molar-refractivity contribution is 14.1. The van der Waals surface area contributed by atoms with Gasteiger partial charge in [-0.15, -0.1) is 0 Å². The molecule has 0 unspecified atom stereocenters. The van der Waals surface area contributed by atoms with Gasteiger partial charge in [0, 0.05) is 18.9 Å². The Morgan fingerprint density at radius 1 is 1.36 bits per heavy atom. The van der Waals surface area contributed by atoms with Gasteiger partial charge in [0.2, 0.25) is 0 Å². The first-order chi connectivity index (χ1) is 6.84. The average Bonchev–Trinajstić information content (AvgIpc) is 2.54. The predicted octanol–water partition coefficient (Wildman–Crippen LogP) is 2.87. The largest absolute Gasteiger partial charge is 0.352 e. The molecule has 2 aliphatic heterocycles. The van der Waals surface area contributed by atoms with Crippen molar-refractivity contribution in [3.05, 3.63) is 9.66 Å². The van der Waals surface area contributed by atoms with Crippen molar-refractivity contribution in [2.45, 2.75) is 38.1 Å². The molecule has 1 aliphatic carbocycles. The summed E-state index contributed by atoms with van der Waals surface area (Å²) in [5.41, 5.74) is 0. The predicted molar refractivity (Wildman–Crippen MR) is 62.2 cm³/mol. The molecule has 0 radical (unpaired) electrons. The fraction of sp³-hybridized carbons (Fsp3) is 0.818. The van der Waals surface area contributed by atoms with E-state index in [2.05, 4.69) is 28.7 Å². The van der Waals surface area contributed by atoms with Gasteiger partial charge in [-0.2, -0.15) is 0 Å². The Morgan fingerprint density at radius 2 is 2.29 bits per heavy atom. The maximum atomic E-state index is 5.97. The lowest BCUT2D eigenvalue weighted by atomic mass is 9.80. The summed E-state index contributed by atoms with van der Waals surface area (Å²) in [4.78, 5) is 0. The normalized spacial score (nSPS) is 46.8. The van der Waals surface area contributed by atoms with Crippen LogP contribution in [0.1, 0.15) is 25.7 Å². The lowest BCUT2D eigenvalue weighted by molar-refractivity contribution is -0.166. The van der Waals surface area contributed by atoms with E-state index in [1.54, 1.807) is 0 Å². The quantitative estimate of drug-likeness (QED) is 0.641. The molecule has 0 amide bonds. The lowest BCUT2D eigenvalue weighted by Gasteiger charge is -2.28. The van der Waals surface area contributed by atoms with E-state index in [0.717, 1.165) is 18.9 Å². The van der Waals surface area contributed by atoms with Crippen molar-refractivity contribution in [1.82, 2.24) is 0 Å². The lowest BCUT2D eigenvalue weighted by Crippen LogP contribution is -2.29. The zero-order valence-corrected chi connectivity index (χ0v) is 10.3. The van der Waals surface area contributed by atoms with Gasteiger partial charge in [0.05, 0.1) is 6.10 Å². The fourth-order valence-corrected chi connectivity index (χ4v) is 3.64. The van der Waals surface area contributed by atoms with E-state index in [0.29, 0.717) is 12.0 Å². The van der Waals surface area contributed by atoms with Gasteiger partial charge in [0.15, 0.2) is 6.29 Å². The van der Waals surface area contributed by atoms with Gasteiger partial charge in [0.1, 0.15) is 0 Å². The van der Waals surface area contributed by atoms with E-state index in [-0.39, 0.29) is 6.29 Å². The summed E-state index contributed by atoms with van der Waals surface area (Å²) in [6, 6.07) is 0. The van der Waals surface area contributed by atoms with Crippen molar-refractivity contribution in [2.24, 2.45) is 11.8 Å². The maximum Gasteiger partial charge on any atom is 0.161 e. The second-order valence-electron chi connectivity index (χ2n) is 4.47. The highest BCUT2D eigenvalue weighted by atomic mass is 127. The van der Waals surface area contributed by atoms with E-state index in [4.69, 9.17) is 9.47 Å². The Hall–Kier alpha value is 0.390. The zero-order chi connectivity index (χ0) is 9.54. The van der Waals surface area contributed by atoms with Gasteiger partial charge in [0.25, 0.3) is 0 Å². The van der Waals surface area contributed by atoms with Crippen LogP contribution < -0.4 is 0 Å². The number of fused-ring (bicyclic) bond motifs is 3. The average molecular weight is 306 g/mol. The second kappa shape index (κ2) is 3.76. The van der Waals surface area contributed by atoms with E-state index in [1.807, 2.05) is 0 Å². The monoisotopic (exact) mass is 306 g/mol. The topological polar surface area (TPSA) is 18.5 Å². The van der Waals surface area contributed by atoms with Gasteiger partial charge < -0.3 is 9.47 Å². The molecule has 0 N–H and O–H groups in total. The first-order valence-corrected chi connectivity index (χ1v) is 6.54. The van der Waals surface area contributed by atoms with Gasteiger partial charge >= 0.3 is 0 Å². The molecule has 2 saturated heterocycles. The van der Waals surface area contributed by atoms with Crippen molar-refractivity contribution in [3.63, 3.8) is 0 Å². The number of hydrogen-bond acceptors (Lipinski definition) is 2. The van der Waals surface area contributed by atoms with Crippen LogP contribution in [0.2, 0.25) is 0 Å². The fourth-order valence-electron chi connectivity index (χ4n) is 2.95. The molecule has 2 nitrogen and oxygen atoms in total. The van der Waals surface area contributed by atoms with Crippen LogP contribution in [0.25, 0.3) is 0 Å². The molecular weight excluding hydrogens is 291 g/mol. The van der Waals surface area contributed by atoms with Crippen molar-refractivity contribution in [3.8, 4) is 0 Å². The van der Waals surface area contributed by atoms with E-state index in [9.17, 15) is 0 Å². The molecule has 3 rings (SSSR count). The van der Waals surface area contributed by atoms with Crippen molar-refractivity contribution >= 4 is 22.6 Å². The number of ether oxygens (including phenoxy) is 2. The van der Waals surface area contributed by atoms with Crippen LogP contribution in [-0.2, 0) is 9.47 Å². The number of allylic oxidation sites excluding steroid dienone is 1. The second-order valence-corrected chi connectivity index (χ2v) is 5.86. The Morgan fingerprint density at radius 3 is 3.21 bits per heavy atom. The maximum absolute atomic E-state index is 5.97. The summed E-state index contributed by atoms with van der Waals surface area (Å²) in [6.07, 6.45) is 7.77. The molecule has 78 valence electrons. The minimum atomic E-state index is 0.120. The summed E-state index contributed by atoms with van der Waals surface area (Å²) in [7, 11) is 0. The van der Waals surface area contributed by atoms with Crippen LogP contribution in [0.15, 0.2) is 9.66 Å². The third-order valence-corrected chi connectivity index (χ3v) is 4.54. The van der Waals surface area contributed by atoms with Crippen LogP contribution in [0, 0.1) is 11.8 Å². The van der Waals surface area contributed by atoms with Crippen molar-refractivity contribution < 1.29 is 9.47 Å². The smallest absolute Gasteiger partial charge is 0.161 e. The highest BCUT2D eigenvalue weighted by Crippen LogP contribution is 2.45. The molecule has 0 bridgehead atoms. The molecule has 4 atom stereocenters. The summed E-state index contributed by atoms with van der Waals surface area (Å²) in [5.74, 6) is 1.41. The van der Waals surface area contributed by atoms with Crippen LogP contribution in [0.5, 0.6) is 0 Å². The first-order valence-electron chi connectivity index (χ1n) is 5.46. The Balaban J connectivity index is 1.79. The number of halogens is 1. The van der Waals surface area contributed by atoms with E-state index < -0.39 is 0 Å². The van der Waals surface area contributed by atoms with E-state index >= 15 is 0 Å². The number of rotatable bonds is 0. The van der Waals surface area contributed by atoms with Gasteiger partial charge in [-0.3, -0.25) is 0 Å². The van der Waals surface area contributed by atoms with Crippen LogP contribution in [0.4, 0.5) is 0 Å². The van der Waals surface area contributed by atoms with Crippen LogP contribution in [-0.4, -0.2) is 19.0 Å². The molecule has 2 heterocycles. The summed E-state index contributed by atoms with van der Waals surface area (Å²) in [6.45, 7) is 0.894. The SMILES string of the molecule is IC1=CC[C@@H]2[C@H]3CCCO[C@H]3O[C@H]2C1. The third kappa shape index (κ3) is 1.53. The molecule has 0 aromatic carbocycles. The Labute approximate surface area is 98.2 Å². The van der Waals surface area contributed by atoms with Gasteiger partial charge in [-0.25, -0.2) is 0 Å². The zero-order valence-electron chi connectivity index (χ0n) is 8.12. The van der Waals surface area contributed by atoms with Crippen molar-refractivity contribution in [2.75, 3.05) is 6.61 Å². The minimum absolute atomic E-state index is 0.120. The van der Waals surface area contributed by atoms with Crippen LogP contribution >= 0.6 is 22.6 Å². The molecule has 2 fully saturated rings. The van der Waals surface area contributed by atoms with Crippen LogP contribution in [0.3, 0.4) is 0 Å². The Bertz CT molecular complexity index is 264. The standard InChI is InChI=1S/C11H15IO2/c12-7-3-4-8-9-2-1-5-13-11(9)14-10(8)6-7/h3,8-11H,1-2,4-6H2/t8-,9-,10+,11+/m1/s1. The highest BCUT2D eigenvalue weighted by Gasteiger charge is 2.46.